The normalized spacial score (nSPS) is 16.7. The molecular weight excluding hydrogens is 238 g/mol. The maximum atomic E-state index is 11.8. The molecule has 1 atom stereocenters. The number of nitrogens with one attached hydrogen (secondary N) is 2. The van der Waals surface area contributed by atoms with Crippen molar-refractivity contribution in [3.8, 4) is 0 Å². The third-order valence-corrected chi connectivity index (χ3v) is 3.22. The van der Waals surface area contributed by atoms with E-state index in [-0.39, 0.29) is 11.9 Å². The van der Waals surface area contributed by atoms with Crippen molar-refractivity contribution in [1.29, 1.82) is 0 Å². The van der Waals surface area contributed by atoms with E-state index in [1.165, 1.54) is 0 Å². The number of rotatable bonds is 6. The number of benzene rings is 1. The van der Waals surface area contributed by atoms with Crippen LogP contribution in [0, 0.1) is 0 Å². The summed E-state index contributed by atoms with van der Waals surface area (Å²) in [6.45, 7) is 9.01. The summed E-state index contributed by atoms with van der Waals surface area (Å²) in [5, 5.41) is 5.91. The fourth-order valence-corrected chi connectivity index (χ4v) is 2.33. The second kappa shape index (κ2) is 5.71. The van der Waals surface area contributed by atoms with Gasteiger partial charge in [-0.15, -0.1) is 13.2 Å². The number of amides is 1. The van der Waals surface area contributed by atoms with Gasteiger partial charge in [0, 0.05) is 30.0 Å². The number of fused-ring (bicyclic) bond motifs is 1. The quantitative estimate of drug-likeness (QED) is 0.767. The smallest absolute Gasteiger partial charge is 0.246 e. The molecular formula is C15H19N3O. The summed E-state index contributed by atoms with van der Waals surface area (Å²) < 4.78 is 0. The van der Waals surface area contributed by atoms with Crippen LogP contribution in [0.25, 0.3) is 0 Å². The highest BCUT2D eigenvalue weighted by Crippen LogP contribution is 2.33. The molecule has 0 aromatic heterocycles. The second-order valence-electron chi connectivity index (χ2n) is 4.46. The number of hydrogen-bond donors (Lipinski definition) is 2. The molecule has 2 N–H and O–H groups in total. The highest BCUT2D eigenvalue weighted by Gasteiger charge is 2.29. The van der Waals surface area contributed by atoms with Gasteiger partial charge in [0.25, 0.3) is 0 Å². The van der Waals surface area contributed by atoms with E-state index < -0.39 is 0 Å². The van der Waals surface area contributed by atoms with Crippen molar-refractivity contribution in [1.82, 2.24) is 5.32 Å². The van der Waals surface area contributed by atoms with Crippen LogP contribution < -0.4 is 15.5 Å². The van der Waals surface area contributed by atoms with Crippen LogP contribution in [0.4, 0.5) is 11.4 Å². The largest absolute Gasteiger partial charge is 0.364 e. The van der Waals surface area contributed by atoms with E-state index in [0.29, 0.717) is 0 Å². The Bertz CT molecular complexity index is 500. The summed E-state index contributed by atoms with van der Waals surface area (Å²) in [5.41, 5.74) is 2.92. The van der Waals surface area contributed by atoms with Gasteiger partial charge in [-0.3, -0.25) is 4.79 Å². The Morgan fingerprint density at radius 2 is 2.05 bits per heavy atom. The van der Waals surface area contributed by atoms with Gasteiger partial charge in [0.15, 0.2) is 0 Å². The maximum absolute atomic E-state index is 11.8. The first-order chi connectivity index (χ1) is 9.21. The molecule has 0 fully saturated rings. The van der Waals surface area contributed by atoms with Crippen LogP contribution in [0.1, 0.15) is 11.6 Å². The van der Waals surface area contributed by atoms with E-state index in [4.69, 9.17) is 0 Å². The summed E-state index contributed by atoms with van der Waals surface area (Å²) in [6, 6.07) is 5.76. The molecule has 1 heterocycles. The standard InChI is InChI=1S/C15H19N3O/c1-4-8-18(9-5-2)11-6-7-12-13(10-11)17-15(19)14(12)16-3/h4-7,10,14,16H,1-2,8-9H2,3H3,(H,17,19). The van der Waals surface area contributed by atoms with Crippen LogP contribution in [0.5, 0.6) is 0 Å². The Morgan fingerprint density at radius 3 is 2.63 bits per heavy atom. The molecule has 0 saturated carbocycles. The lowest BCUT2D eigenvalue weighted by Gasteiger charge is -2.22. The molecule has 19 heavy (non-hydrogen) atoms. The third-order valence-electron chi connectivity index (χ3n) is 3.22. The summed E-state index contributed by atoms with van der Waals surface area (Å²) in [7, 11) is 1.79. The van der Waals surface area contributed by atoms with Gasteiger partial charge in [0.1, 0.15) is 6.04 Å². The summed E-state index contributed by atoms with van der Waals surface area (Å²) in [5.74, 6) is -0.00589. The van der Waals surface area contributed by atoms with Crippen molar-refractivity contribution in [2.75, 3.05) is 30.4 Å². The third kappa shape index (κ3) is 2.53. The summed E-state index contributed by atoms with van der Waals surface area (Å²) >= 11 is 0. The number of likely N-dealkylation sites (N-methyl/N-ethyl adjacent to an activating group) is 1. The van der Waals surface area contributed by atoms with E-state index in [1.807, 2.05) is 30.4 Å². The Morgan fingerprint density at radius 1 is 1.37 bits per heavy atom. The molecule has 0 bridgehead atoms. The van der Waals surface area contributed by atoms with Crippen LogP contribution in [-0.4, -0.2) is 26.0 Å². The molecule has 1 aliphatic rings. The van der Waals surface area contributed by atoms with Crippen LogP contribution >= 0.6 is 0 Å². The molecule has 1 aliphatic heterocycles. The molecule has 1 unspecified atom stereocenters. The Labute approximate surface area is 113 Å². The fraction of sp³-hybridized carbons (Fsp3) is 0.267. The zero-order valence-electron chi connectivity index (χ0n) is 11.1. The van der Waals surface area contributed by atoms with Crippen molar-refractivity contribution in [3.05, 3.63) is 49.1 Å². The zero-order valence-corrected chi connectivity index (χ0v) is 11.1. The van der Waals surface area contributed by atoms with Crippen molar-refractivity contribution >= 4 is 17.3 Å². The van der Waals surface area contributed by atoms with Crippen molar-refractivity contribution in [3.63, 3.8) is 0 Å². The van der Waals surface area contributed by atoms with Gasteiger partial charge < -0.3 is 15.5 Å². The Balaban J connectivity index is 2.31. The monoisotopic (exact) mass is 257 g/mol. The van der Waals surface area contributed by atoms with E-state index in [9.17, 15) is 4.79 Å². The molecule has 1 amide bonds. The fourth-order valence-electron chi connectivity index (χ4n) is 2.33. The van der Waals surface area contributed by atoms with Crippen LogP contribution in [-0.2, 0) is 4.79 Å². The number of anilines is 2. The SMILES string of the molecule is C=CCN(CC=C)c1ccc2c(c1)NC(=O)C2NC. The minimum Gasteiger partial charge on any atom is -0.364 e. The van der Waals surface area contributed by atoms with Crippen LogP contribution in [0.3, 0.4) is 0 Å². The first-order valence-corrected chi connectivity index (χ1v) is 6.30. The second-order valence-corrected chi connectivity index (χ2v) is 4.46. The summed E-state index contributed by atoms with van der Waals surface area (Å²) in [6.07, 6.45) is 3.71. The zero-order chi connectivity index (χ0) is 13.8. The van der Waals surface area contributed by atoms with Gasteiger partial charge >= 0.3 is 0 Å². The van der Waals surface area contributed by atoms with Gasteiger partial charge in [0.2, 0.25) is 5.91 Å². The highest BCUT2D eigenvalue weighted by atomic mass is 16.2. The highest BCUT2D eigenvalue weighted by molar-refractivity contribution is 6.03. The lowest BCUT2D eigenvalue weighted by Crippen LogP contribution is -2.23. The van der Waals surface area contributed by atoms with E-state index in [0.717, 1.165) is 30.0 Å². The number of carbonyl (C=O) groups is 1. The lowest BCUT2D eigenvalue weighted by molar-refractivity contribution is -0.117. The van der Waals surface area contributed by atoms with Gasteiger partial charge in [-0.1, -0.05) is 18.2 Å². The number of hydrogen-bond acceptors (Lipinski definition) is 3. The van der Waals surface area contributed by atoms with Gasteiger partial charge in [-0.05, 0) is 19.2 Å². The number of nitrogens with zero attached hydrogens (tertiary/aromatic N) is 1. The molecule has 2 rings (SSSR count). The van der Waals surface area contributed by atoms with Crippen LogP contribution in [0.15, 0.2) is 43.5 Å². The molecule has 4 nitrogen and oxygen atoms in total. The Kier molecular flexibility index (Phi) is 4.02. The molecule has 1 aromatic carbocycles. The van der Waals surface area contributed by atoms with Crippen LogP contribution in [0.2, 0.25) is 0 Å². The van der Waals surface area contributed by atoms with Crippen molar-refractivity contribution in [2.45, 2.75) is 6.04 Å². The molecule has 0 radical (unpaired) electrons. The van der Waals surface area contributed by atoms with Crippen molar-refractivity contribution < 1.29 is 4.79 Å². The van der Waals surface area contributed by atoms with Gasteiger partial charge in [0.05, 0.1) is 0 Å². The minimum absolute atomic E-state index is 0.00589. The molecule has 0 spiro atoms. The molecule has 0 aliphatic carbocycles. The van der Waals surface area contributed by atoms with Gasteiger partial charge in [-0.2, -0.15) is 0 Å². The van der Waals surface area contributed by atoms with E-state index in [1.54, 1.807) is 7.05 Å². The first kappa shape index (κ1) is 13.4. The van der Waals surface area contributed by atoms with E-state index in [2.05, 4.69) is 28.7 Å². The predicted molar refractivity (Wildman–Crippen MR) is 79.5 cm³/mol. The minimum atomic E-state index is -0.253. The van der Waals surface area contributed by atoms with Crippen molar-refractivity contribution in [2.24, 2.45) is 0 Å². The predicted octanol–water partition coefficient (Wildman–Crippen LogP) is 2.08. The summed E-state index contributed by atoms with van der Waals surface area (Å²) in [4.78, 5) is 13.9. The average molecular weight is 257 g/mol. The average Bonchev–Trinajstić information content (AvgIpc) is 2.72. The first-order valence-electron chi connectivity index (χ1n) is 6.30. The van der Waals surface area contributed by atoms with Gasteiger partial charge in [-0.25, -0.2) is 0 Å². The Hall–Kier alpha value is -2.07. The topological polar surface area (TPSA) is 44.4 Å². The molecule has 1 aromatic rings. The molecule has 4 heteroatoms. The lowest BCUT2D eigenvalue weighted by atomic mass is 10.1. The molecule has 0 saturated heterocycles. The number of carbonyl (C=O) groups excluding carboxylic acids is 1. The molecule has 100 valence electrons. The maximum Gasteiger partial charge on any atom is 0.246 e. The van der Waals surface area contributed by atoms with E-state index >= 15 is 0 Å².